The number of methoxy groups -OCH3 is 1. The van der Waals surface area contributed by atoms with Crippen molar-refractivity contribution in [2.24, 2.45) is 0 Å². The number of sulfonamides is 1. The Kier molecular flexibility index (Phi) is 6.17. The van der Waals surface area contributed by atoms with Crippen LogP contribution in [0.15, 0.2) is 47.4 Å². The van der Waals surface area contributed by atoms with Crippen molar-refractivity contribution in [2.75, 3.05) is 13.7 Å². The van der Waals surface area contributed by atoms with Crippen LogP contribution >= 0.6 is 0 Å². The topological polar surface area (TPSA) is 84.5 Å². The third-order valence-electron chi connectivity index (χ3n) is 3.70. The highest BCUT2D eigenvalue weighted by Crippen LogP contribution is 2.21. The monoisotopic (exact) mass is 362 g/mol. The fourth-order valence-corrected chi connectivity index (χ4v) is 3.42. The molecule has 7 heteroatoms. The van der Waals surface area contributed by atoms with E-state index in [0.717, 1.165) is 11.1 Å². The summed E-state index contributed by atoms with van der Waals surface area (Å²) in [6.45, 7) is 4.34. The zero-order valence-electron chi connectivity index (χ0n) is 14.5. The van der Waals surface area contributed by atoms with Crippen molar-refractivity contribution in [2.45, 2.75) is 25.3 Å². The highest BCUT2D eigenvalue weighted by atomic mass is 32.2. The summed E-state index contributed by atoms with van der Waals surface area (Å²) in [5.74, 6) is 0.489. The molecule has 0 spiro atoms. The van der Waals surface area contributed by atoms with E-state index in [1.54, 1.807) is 50.4 Å². The lowest BCUT2D eigenvalue weighted by molar-refractivity contribution is 0.0956. The van der Waals surface area contributed by atoms with Gasteiger partial charge >= 0.3 is 0 Å². The molecule has 0 heterocycles. The molecule has 0 aliphatic carbocycles. The van der Waals surface area contributed by atoms with Crippen molar-refractivity contribution in [1.29, 1.82) is 0 Å². The van der Waals surface area contributed by atoms with Crippen LogP contribution in [0.25, 0.3) is 0 Å². The van der Waals surface area contributed by atoms with Gasteiger partial charge in [0, 0.05) is 18.7 Å². The summed E-state index contributed by atoms with van der Waals surface area (Å²) in [4.78, 5) is 11.9. The summed E-state index contributed by atoms with van der Waals surface area (Å²) in [6, 6.07) is 11.5. The van der Waals surface area contributed by atoms with Crippen molar-refractivity contribution in [1.82, 2.24) is 10.0 Å². The lowest BCUT2D eigenvalue weighted by atomic mass is 10.1. The van der Waals surface area contributed by atoms with E-state index in [2.05, 4.69) is 10.0 Å². The van der Waals surface area contributed by atoms with E-state index in [1.165, 1.54) is 6.07 Å². The van der Waals surface area contributed by atoms with Gasteiger partial charge in [0.2, 0.25) is 10.0 Å². The molecule has 6 nitrogen and oxygen atoms in total. The van der Waals surface area contributed by atoms with Gasteiger partial charge in [0.15, 0.2) is 0 Å². The fraction of sp³-hybridized carbons (Fsp3) is 0.278. The van der Waals surface area contributed by atoms with Gasteiger partial charge in [0.1, 0.15) is 5.75 Å². The number of ether oxygens (including phenoxy) is 1. The maximum Gasteiger partial charge on any atom is 0.251 e. The molecular formula is C18H22N2O4S. The predicted molar refractivity (Wildman–Crippen MR) is 96.2 cm³/mol. The van der Waals surface area contributed by atoms with Crippen LogP contribution in [-0.2, 0) is 16.6 Å². The van der Waals surface area contributed by atoms with Crippen molar-refractivity contribution in [3.8, 4) is 5.75 Å². The predicted octanol–water partition coefficient (Wildman–Crippen LogP) is 2.23. The molecule has 0 atom stereocenters. The van der Waals surface area contributed by atoms with Gasteiger partial charge in [-0.3, -0.25) is 4.79 Å². The van der Waals surface area contributed by atoms with E-state index in [9.17, 15) is 13.2 Å². The second-order valence-electron chi connectivity index (χ2n) is 5.51. The molecule has 0 bridgehead atoms. The summed E-state index contributed by atoms with van der Waals surface area (Å²) in [7, 11) is -2.08. The molecule has 2 rings (SSSR count). The molecule has 25 heavy (non-hydrogen) atoms. The molecule has 0 radical (unpaired) electrons. The molecule has 0 aliphatic rings. The summed E-state index contributed by atoms with van der Waals surface area (Å²) < 4.78 is 32.5. The Morgan fingerprint density at radius 3 is 2.36 bits per heavy atom. The molecule has 0 saturated carbocycles. The number of carbonyl (C=O) groups excluding carboxylic acids is 1. The Bertz CT molecular complexity index is 846. The van der Waals surface area contributed by atoms with Gasteiger partial charge in [-0.25, -0.2) is 13.1 Å². The van der Waals surface area contributed by atoms with Crippen LogP contribution in [0.5, 0.6) is 5.75 Å². The number of amides is 1. The van der Waals surface area contributed by atoms with E-state index < -0.39 is 10.0 Å². The molecule has 1 amide bonds. The molecule has 0 unspecified atom stereocenters. The van der Waals surface area contributed by atoms with Gasteiger partial charge in [-0.15, -0.1) is 0 Å². The Labute approximate surface area is 148 Å². The van der Waals surface area contributed by atoms with Crippen LogP contribution in [0.1, 0.15) is 28.4 Å². The number of aryl methyl sites for hydroxylation is 1. The average Bonchev–Trinajstić information content (AvgIpc) is 2.60. The fourth-order valence-electron chi connectivity index (χ4n) is 2.32. The smallest absolute Gasteiger partial charge is 0.251 e. The van der Waals surface area contributed by atoms with E-state index in [1.807, 2.05) is 6.92 Å². The minimum absolute atomic E-state index is 0.142. The average molecular weight is 362 g/mol. The van der Waals surface area contributed by atoms with Crippen molar-refractivity contribution >= 4 is 15.9 Å². The Morgan fingerprint density at radius 2 is 1.80 bits per heavy atom. The molecule has 2 N–H and O–H groups in total. The largest absolute Gasteiger partial charge is 0.496 e. The highest BCUT2D eigenvalue weighted by molar-refractivity contribution is 7.89. The number of hydrogen-bond acceptors (Lipinski definition) is 4. The van der Waals surface area contributed by atoms with Gasteiger partial charge in [-0.1, -0.05) is 12.1 Å². The van der Waals surface area contributed by atoms with Crippen molar-refractivity contribution < 1.29 is 17.9 Å². The van der Waals surface area contributed by atoms with Gasteiger partial charge in [0.05, 0.1) is 12.0 Å². The molecule has 0 fully saturated rings. The van der Waals surface area contributed by atoms with Crippen LogP contribution in [0.4, 0.5) is 0 Å². The molecule has 2 aromatic carbocycles. The Hall–Kier alpha value is -2.38. The van der Waals surface area contributed by atoms with E-state index >= 15 is 0 Å². The number of hydrogen-bond donors (Lipinski definition) is 2. The van der Waals surface area contributed by atoms with Gasteiger partial charge in [0.25, 0.3) is 5.91 Å². The number of rotatable bonds is 7. The highest BCUT2D eigenvalue weighted by Gasteiger charge is 2.15. The maximum atomic E-state index is 12.4. The third-order valence-corrected chi connectivity index (χ3v) is 5.10. The van der Waals surface area contributed by atoms with Gasteiger partial charge < -0.3 is 10.1 Å². The van der Waals surface area contributed by atoms with Gasteiger partial charge in [-0.2, -0.15) is 0 Å². The molecular weight excluding hydrogens is 340 g/mol. The van der Waals surface area contributed by atoms with Crippen LogP contribution < -0.4 is 14.8 Å². The third kappa shape index (κ3) is 4.80. The molecule has 2 aromatic rings. The van der Waals surface area contributed by atoms with Crippen LogP contribution in [0, 0.1) is 6.92 Å². The SMILES string of the molecule is CCNC(=O)c1ccc(CNS(=O)(=O)c2ccc(OC)c(C)c2)cc1. The Morgan fingerprint density at radius 1 is 1.12 bits per heavy atom. The zero-order valence-corrected chi connectivity index (χ0v) is 15.3. The lowest BCUT2D eigenvalue weighted by Crippen LogP contribution is -2.24. The molecule has 0 aliphatic heterocycles. The first-order valence-corrected chi connectivity index (χ1v) is 9.37. The van der Waals surface area contributed by atoms with Crippen LogP contribution in [-0.4, -0.2) is 28.0 Å². The zero-order chi connectivity index (χ0) is 18.4. The first kappa shape index (κ1) is 19.0. The minimum atomic E-state index is -3.63. The molecule has 0 aromatic heterocycles. The van der Waals surface area contributed by atoms with Crippen molar-refractivity contribution in [3.63, 3.8) is 0 Å². The molecule has 0 saturated heterocycles. The number of carbonyl (C=O) groups is 1. The standard InChI is InChI=1S/C18H22N2O4S/c1-4-19-18(21)15-7-5-14(6-8-15)12-20-25(22,23)16-9-10-17(24-3)13(2)11-16/h5-11,20H,4,12H2,1-3H3,(H,19,21). The lowest BCUT2D eigenvalue weighted by Gasteiger charge is -2.10. The van der Waals surface area contributed by atoms with Crippen LogP contribution in [0.2, 0.25) is 0 Å². The first-order valence-electron chi connectivity index (χ1n) is 7.89. The van der Waals surface area contributed by atoms with Crippen molar-refractivity contribution in [3.05, 3.63) is 59.2 Å². The second kappa shape index (κ2) is 8.13. The van der Waals surface area contributed by atoms with E-state index in [4.69, 9.17) is 4.74 Å². The Balaban J connectivity index is 2.07. The maximum absolute atomic E-state index is 12.4. The summed E-state index contributed by atoms with van der Waals surface area (Å²) >= 11 is 0. The normalized spacial score (nSPS) is 11.2. The summed E-state index contributed by atoms with van der Waals surface area (Å²) in [5, 5.41) is 2.71. The number of benzene rings is 2. The quantitative estimate of drug-likeness (QED) is 0.791. The van der Waals surface area contributed by atoms with Crippen LogP contribution in [0.3, 0.4) is 0 Å². The first-order chi connectivity index (χ1) is 11.9. The second-order valence-corrected chi connectivity index (χ2v) is 7.28. The van der Waals surface area contributed by atoms with E-state index in [0.29, 0.717) is 17.9 Å². The number of nitrogens with one attached hydrogen (secondary N) is 2. The van der Waals surface area contributed by atoms with Gasteiger partial charge in [-0.05, 0) is 55.3 Å². The minimum Gasteiger partial charge on any atom is -0.496 e. The summed E-state index contributed by atoms with van der Waals surface area (Å²) in [5.41, 5.74) is 2.05. The summed E-state index contributed by atoms with van der Waals surface area (Å²) in [6.07, 6.45) is 0. The molecule has 134 valence electrons. The van der Waals surface area contributed by atoms with E-state index in [-0.39, 0.29) is 17.3 Å².